The molecule has 3 atom stereocenters. The van der Waals surface area contributed by atoms with E-state index in [0.717, 1.165) is 23.4 Å². The van der Waals surface area contributed by atoms with E-state index in [4.69, 9.17) is 23.2 Å². The van der Waals surface area contributed by atoms with Gasteiger partial charge in [0.2, 0.25) is 0 Å². The number of hydrogen-bond acceptors (Lipinski definition) is 2. The van der Waals surface area contributed by atoms with Gasteiger partial charge in [0.1, 0.15) is 0 Å². The summed E-state index contributed by atoms with van der Waals surface area (Å²) in [5, 5.41) is 14.5. The zero-order chi connectivity index (χ0) is 13.8. The molecule has 106 valence electrons. The first-order valence-corrected chi connectivity index (χ1v) is 7.69. The summed E-state index contributed by atoms with van der Waals surface area (Å²) < 4.78 is 0. The molecule has 1 saturated carbocycles. The fourth-order valence-electron chi connectivity index (χ4n) is 2.90. The van der Waals surface area contributed by atoms with Gasteiger partial charge >= 0.3 is 0 Å². The fraction of sp³-hybridized carbons (Fsp3) is 0.600. The van der Waals surface area contributed by atoms with Crippen molar-refractivity contribution in [3.63, 3.8) is 0 Å². The van der Waals surface area contributed by atoms with Crippen LogP contribution in [-0.2, 0) is 0 Å². The minimum absolute atomic E-state index is 0.142. The Morgan fingerprint density at radius 3 is 2.79 bits per heavy atom. The highest BCUT2D eigenvalue weighted by atomic mass is 35.5. The third-order valence-corrected chi connectivity index (χ3v) is 4.61. The first-order chi connectivity index (χ1) is 9.11. The van der Waals surface area contributed by atoms with Gasteiger partial charge in [0.05, 0.1) is 0 Å². The van der Waals surface area contributed by atoms with Crippen LogP contribution in [0, 0.1) is 5.92 Å². The number of benzene rings is 1. The second-order valence-corrected chi connectivity index (χ2v) is 6.23. The van der Waals surface area contributed by atoms with Gasteiger partial charge in [0, 0.05) is 28.7 Å². The summed E-state index contributed by atoms with van der Waals surface area (Å²) in [5.41, 5.74) is 1.02. The lowest BCUT2D eigenvalue weighted by Crippen LogP contribution is -2.41. The molecule has 1 aliphatic carbocycles. The van der Waals surface area contributed by atoms with Crippen molar-refractivity contribution in [3.8, 4) is 0 Å². The Balaban J connectivity index is 2.07. The van der Waals surface area contributed by atoms with E-state index in [2.05, 4.69) is 12.2 Å². The van der Waals surface area contributed by atoms with Crippen LogP contribution in [0.1, 0.15) is 44.2 Å². The first-order valence-electron chi connectivity index (χ1n) is 6.93. The van der Waals surface area contributed by atoms with Gasteiger partial charge in [0.25, 0.3) is 0 Å². The Labute approximate surface area is 125 Å². The molecule has 1 aromatic rings. The highest BCUT2D eigenvalue weighted by Gasteiger charge is 2.26. The van der Waals surface area contributed by atoms with Gasteiger partial charge in [-0.25, -0.2) is 0 Å². The molecule has 1 aromatic carbocycles. The molecule has 0 saturated heterocycles. The normalized spacial score (nSPS) is 25.3. The molecule has 1 fully saturated rings. The third kappa shape index (κ3) is 3.85. The topological polar surface area (TPSA) is 32.3 Å². The van der Waals surface area contributed by atoms with Gasteiger partial charge in [-0.05, 0) is 49.4 Å². The summed E-state index contributed by atoms with van der Waals surface area (Å²) in [6.07, 6.45) is 4.66. The van der Waals surface area contributed by atoms with Crippen LogP contribution < -0.4 is 5.32 Å². The van der Waals surface area contributed by atoms with Crippen LogP contribution in [0.15, 0.2) is 18.2 Å². The predicted octanol–water partition coefficient (Wildman–Crippen LogP) is 4.20. The number of aliphatic hydroxyl groups is 1. The lowest BCUT2D eigenvalue weighted by molar-refractivity contribution is 0.147. The van der Waals surface area contributed by atoms with E-state index in [1.165, 1.54) is 12.8 Å². The van der Waals surface area contributed by atoms with Gasteiger partial charge in [-0.2, -0.15) is 0 Å². The molecule has 0 spiro atoms. The molecule has 4 heteroatoms. The summed E-state index contributed by atoms with van der Waals surface area (Å²) in [7, 11) is 0. The smallest absolute Gasteiger partial charge is 0.0474 e. The summed E-state index contributed by atoms with van der Waals surface area (Å²) in [6.45, 7) is 2.36. The van der Waals surface area contributed by atoms with Crippen LogP contribution in [0.2, 0.25) is 10.0 Å². The number of aliphatic hydroxyl groups excluding tert-OH is 1. The maximum Gasteiger partial charge on any atom is 0.0474 e. The zero-order valence-electron chi connectivity index (χ0n) is 11.2. The quantitative estimate of drug-likeness (QED) is 0.874. The monoisotopic (exact) mass is 301 g/mol. The Morgan fingerprint density at radius 1 is 1.32 bits per heavy atom. The molecule has 1 aliphatic rings. The molecular formula is C15H21Cl2NO. The summed E-state index contributed by atoms with van der Waals surface area (Å²) >= 11 is 12.3. The van der Waals surface area contributed by atoms with E-state index in [1.807, 2.05) is 12.1 Å². The van der Waals surface area contributed by atoms with Gasteiger partial charge in [-0.3, -0.25) is 0 Å². The number of rotatable bonds is 4. The highest BCUT2D eigenvalue weighted by molar-refractivity contribution is 6.33. The fourth-order valence-corrected chi connectivity index (χ4v) is 3.36. The first kappa shape index (κ1) is 15.1. The van der Waals surface area contributed by atoms with Crippen LogP contribution in [0.5, 0.6) is 0 Å². The van der Waals surface area contributed by atoms with Crippen molar-refractivity contribution in [1.82, 2.24) is 5.32 Å². The maximum absolute atomic E-state index is 9.46. The van der Waals surface area contributed by atoms with Crippen molar-refractivity contribution in [2.24, 2.45) is 5.92 Å². The van der Waals surface area contributed by atoms with Gasteiger partial charge in [-0.1, -0.05) is 36.0 Å². The van der Waals surface area contributed by atoms with E-state index in [0.29, 0.717) is 17.0 Å². The number of hydrogen-bond donors (Lipinski definition) is 2. The maximum atomic E-state index is 9.46. The molecule has 19 heavy (non-hydrogen) atoms. The van der Waals surface area contributed by atoms with E-state index in [9.17, 15) is 5.11 Å². The molecule has 2 nitrogen and oxygen atoms in total. The van der Waals surface area contributed by atoms with Crippen LogP contribution in [0.3, 0.4) is 0 Å². The molecule has 0 heterocycles. The van der Waals surface area contributed by atoms with Crippen LogP contribution in [0.25, 0.3) is 0 Å². The Kier molecular flexibility index (Phi) is 5.52. The number of nitrogens with one attached hydrogen (secondary N) is 1. The van der Waals surface area contributed by atoms with E-state index >= 15 is 0 Å². The van der Waals surface area contributed by atoms with E-state index in [1.54, 1.807) is 6.07 Å². The lowest BCUT2D eigenvalue weighted by Gasteiger charge is -2.33. The Bertz CT molecular complexity index is 425. The van der Waals surface area contributed by atoms with Crippen molar-refractivity contribution in [3.05, 3.63) is 33.8 Å². The minimum Gasteiger partial charge on any atom is -0.396 e. The molecule has 2 rings (SSSR count). The summed E-state index contributed by atoms with van der Waals surface area (Å²) in [5.74, 6) is 0.356. The van der Waals surface area contributed by atoms with Gasteiger partial charge in [-0.15, -0.1) is 0 Å². The number of halogens is 2. The van der Waals surface area contributed by atoms with Crippen molar-refractivity contribution >= 4 is 23.2 Å². The molecule has 0 aromatic heterocycles. The SMILES string of the molecule is CC(NC1CCCCC1CO)c1cc(Cl)ccc1Cl. The van der Waals surface area contributed by atoms with Crippen molar-refractivity contribution in [2.75, 3.05) is 6.61 Å². The summed E-state index contributed by atoms with van der Waals surface area (Å²) in [6, 6.07) is 6.06. The lowest BCUT2D eigenvalue weighted by atomic mass is 9.84. The van der Waals surface area contributed by atoms with Crippen LogP contribution >= 0.6 is 23.2 Å². The molecular weight excluding hydrogens is 281 g/mol. The van der Waals surface area contributed by atoms with Gasteiger partial charge in [0.15, 0.2) is 0 Å². The molecule has 0 bridgehead atoms. The average molecular weight is 302 g/mol. The van der Waals surface area contributed by atoms with Gasteiger partial charge < -0.3 is 10.4 Å². The highest BCUT2D eigenvalue weighted by Crippen LogP contribution is 2.30. The van der Waals surface area contributed by atoms with Crippen LogP contribution in [-0.4, -0.2) is 17.8 Å². The Morgan fingerprint density at radius 2 is 2.05 bits per heavy atom. The predicted molar refractivity (Wildman–Crippen MR) is 80.8 cm³/mol. The zero-order valence-corrected chi connectivity index (χ0v) is 12.7. The Hall–Kier alpha value is -0.280. The van der Waals surface area contributed by atoms with E-state index in [-0.39, 0.29) is 12.6 Å². The van der Waals surface area contributed by atoms with E-state index < -0.39 is 0 Å². The van der Waals surface area contributed by atoms with Crippen molar-refractivity contribution < 1.29 is 5.11 Å². The molecule has 0 radical (unpaired) electrons. The molecule has 0 aliphatic heterocycles. The van der Waals surface area contributed by atoms with Crippen LogP contribution in [0.4, 0.5) is 0 Å². The minimum atomic E-state index is 0.142. The van der Waals surface area contributed by atoms with Crippen molar-refractivity contribution in [2.45, 2.75) is 44.7 Å². The molecule has 3 unspecified atom stereocenters. The second kappa shape index (κ2) is 6.94. The second-order valence-electron chi connectivity index (χ2n) is 5.39. The van der Waals surface area contributed by atoms with Crippen molar-refractivity contribution in [1.29, 1.82) is 0 Å². The summed E-state index contributed by atoms with van der Waals surface area (Å²) in [4.78, 5) is 0. The molecule has 0 amide bonds. The standard InChI is InChI=1S/C15H21Cl2NO/c1-10(13-8-12(16)6-7-14(13)17)18-15-5-3-2-4-11(15)9-19/h6-8,10-11,15,18-19H,2-5,9H2,1H3. The molecule has 2 N–H and O–H groups in total. The largest absolute Gasteiger partial charge is 0.396 e. The average Bonchev–Trinajstić information content (AvgIpc) is 2.42. The third-order valence-electron chi connectivity index (χ3n) is 4.03.